The molecule has 1 unspecified atom stereocenters. The van der Waals surface area contributed by atoms with Gasteiger partial charge in [-0.25, -0.2) is 4.98 Å². The molecule has 1 atom stereocenters. The Morgan fingerprint density at radius 2 is 2.44 bits per heavy atom. The van der Waals surface area contributed by atoms with Crippen molar-refractivity contribution in [3.05, 3.63) is 29.4 Å². The fraction of sp³-hybridized carbons (Fsp3) is 0.300. The zero-order valence-corrected chi connectivity index (χ0v) is 9.35. The second-order valence-corrected chi connectivity index (χ2v) is 3.95. The van der Waals surface area contributed by atoms with Crippen molar-refractivity contribution < 1.29 is 9.90 Å². The van der Waals surface area contributed by atoms with Crippen LogP contribution >= 0.6 is 11.6 Å². The standard InChI is InChI=1S/C10H10ClN3O2/c1-6(4-8(15)16)9-10(11)14-3-2-12-5-7(14)13-9/h2-3,5-6H,4H2,1H3,(H,15,16). The SMILES string of the molecule is CC(CC(=O)O)c1nc2cnccn2c1Cl. The lowest BCUT2D eigenvalue weighted by Crippen LogP contribution is -2.03. The van der Waals surface area contributed by atoms with Crippen LogP contribution in [0.4, 0.5) is 0 Å². The number of imidazole rings is 1. The summed E-state index contributed by atoms with van der Waals surface area (Å²) in [6, 6.07) is 0. The van der Waals surface area contributed by atoms with Crippen molar-refractivity contribution >= 4 is 23.2 Å². The van der Waals surface area contributed by atoms with Crippen LogP contribution in [-0.4, -0.2) is 25.4 Å². The fourth-order valence-corrected chi connectivity index (χ4v) is 1.94. The molecule has 0 fully saturated rings. The Bertz CT molecular complexity index is 538. The van der Waals surface area contributed by atoms with Gasteiger partial charge >= 0.3 is 5.97 Å². The molecular formula is C10H10ClN3O2. The molecule has 2 heterocycles. The van der Waals surface area contributed by atoms with Crippen LogP contribution in [0.25, 0.3) is 5.65 Å². The lowest BCUT2D eigenvalue weighted by atomic mass is 10.1. The predicted molar refractivity (Wildman–Crippen MR) is 58.7 cm³/mol. The summed E-state index contributed by atoms with van der Waals surface area (Å²) < 4.78 is 1.68. The van der Waals surface area contributed by atoms with Gasteiger partial charge in [-0.15, -0.1) is 0 Å². The molecule has 0 aliphatic carbocycles. The molecule has 0 aliphatic rings. The van der Waals surface area contributed by atoms with Crippen LogP contribution in [0.3, 0.4) is 0 Å². The Morgan fingerprint density at radius 1 is 1.69 bits per heavy atom. The van der Waals surface area contributed by atoms with Gasteiger partial charge in [0.2, 0.25) is 0 Å². The molecule has 0 radical (unpaired) electrons. The van der Waals surface area contributed by atoms with E-state index in [1.165, 1.54) is 0 Å². The molecule has 0 amide bonds. The van der Waals surface area contributed by atoms with Crippen molar-refractivity contribution in [2.24, 2.45) is 0 Å². The van der Waals surface area contributed by atoms with E-state index in [4.69, 9.17) is 16.7 Å². The molecule has 0 saturated heterocycles. The first kappa shape index (κ1) is 10.9. The molecule has 0 bridgehead atoms. The van der Waals surface area contributed by atoms with Gasteiger partial charge in [0.15, 0.2) is 5.65 Å². The molecule has 84 valence electrons. The van der Waals surface area contributed by atoms with Crippen molar-refractivity contribution in [3.63, 3.8) is 0 Å². The number of carboxylic acid groups (broad SMARTS) is 1. The largest absolute Gasteiger partial charge is 0.481 e. The first-order valence-electron chi connectivity index (χ1n) is 4.79. The van der Waals surface area contributed by atoms with E-state index >= 15 is 0 Å². The van der Waals surface area contributed by atoms with Gasteiger partial charge in [-0.2, -0.15) is 0 Å². The first-order valence-corrected chi connectivity index (χ1v) is 5.16. The first-order chi connectivity index (χ1) is 7.59. The second kappa shape index (κ2) is 4.09. The number of aromatic nitrogens is 3. The molecule has 0 aromatic carbocycles. The van der Waals surface area contributed by atoms with E-state index in [1.54, 1.807) is 29.9 Å². The third-order valence-corrected chi connectivity index (χ3v) is 2.72. The van der Waals surface area contributed by atoms with E-state index in [-0.39, 0.29) is 12.3 Å². The number of hydrogen-bond donors (Lipinski definition) is 1. The minimum atomic E-state index is -0.862. The zero-order valence-electron chi connectivity index (χ0n) is 8.59. The number of aliphatic carboxylic acids is 1. The van der Waals surface area contributed by atoms with E-state index in [9.17, 15) is 4.79 Å². The molecule has 5 nitrogen and oxygen atoms in total. The number of fused-ring (bicyclic) bond motifs is 1. The van der Waals surface area contributed by atoms with Gasteiger partial charge in [-0.05, 0) is 0 Å². The summed E-state index contributed by atoms with van der Waals surface area (Å²) in [6.07, 6.45) is 4.90. The average molecular weight is 240 g/mol. The highest BCUT2D eigenvalue weighted by molar-refractivity contribution is 6.30. The quantitative estimate of drug-likeness (QED) is 0.889. The lowest BCUT2D eigenvalue weighted by molar-refractivity contribution is -0.137. The number of nitrogens with zero attached hydrogens (tertiary/aromatic N) is 3. The Balaban J connectivity index is 2.45. The van der Waals surface area contributed by atoms with Gasteiger partial charge in [0.1, 0.15) is 5.15 Å². The maximum atomic E-state index is 10.6. The number of rotatable bonds is 3. The lowest BCUT2D eigenvalue weighted by Gasteiger charge is -2.04. The van der Waals surface area contributed by atoms with Crippen LogP contribution in [0, 0.1) is 0 Å². The van der Waals surface area contributed by atoms with Crippen molar-refractivity contribution in [1.29, 1.82) is 0 Å². The summed E-state index contributed by atoms with van der Waals surface area (Å²) in [5.41, 5.74) is 1.22. The number of hydrogen-bond acceptors (Lipinski definition) is 3. The highest BCUT2D eigenvalue weighted by Crippen LogP contribution is 2.26. The van der Waals surface area contributed by atoms with Gasteiger partial charge in [-0.1, -0.05) is 18.5 Å². The van der Waals surface area contributed by atoms with E-state index in [1.807, 2.05) is 0 Å². The Labute approximate surface area is 96.7 Å². The monoisotopic (exact) mass is 239 g/mol. The van der Waals surface area contributed by atoms with Gasteiger partial charge in [-0.3, -0.25) is 14.2 Å². The highest BCUT2D eigenvalue weighted by atomic mass is 35.5. The van der Waals surface area contributed by atoms with Crippen LogP contribution in [0.15, 0.2) is 18.6 Å². The molecule has 0 aliphatic heterocycles. The predicted octanol–water partition coefficient (Wildman–Crippen LogP) is 1.96. The molecular weight excluding hydrogens is 230 g/mol. The minimum Gasteiger partial charge on any atom is -0.481 e. The summed E-state index contributed by atoms with van der Waals surface area (Å²) in [7, 11) is 0. The second-order valence-electron chi connectivity index (χ2n) is 3.59. The molecule has 0 spiro atoms. The minimum absolute atomic E-state index is 0.0109. The van der Waals surface area contributed by atoms with Crippen molar-refractivity contribution in [2.75, 3.05) is 0 Å². The fourth-order valence-electron chi connectivity index (χ4n) is 1.57. The summed E-state index contributed by atoms with van der Waals surface area (Å²) in [4.78, 5) is 18.8. The van der Waals surface area contributed by atoms with Crippen molar-refractivity contribution in [1.82, 2.24) is 14.4 Å². The Morgan fingerprint density at radius 3 is 3.06 bits per heavy atom. The van der Waals surface area contributed by atoms with Crippen LogP contribution in [0.5, 0.6) is 0 Å². The van der Waals surface area contributed by atoms with Crippen molar-refractivity contribution in [3.8, 4) is 0 Å². The number of carboxylic acids is 1. The summed E-state index contributed by atoms with van der Waals surface area (Å²) in [6.45, 7) is 1.79. The number of halogens is 1. The Hall–Kier alpha value is -1.62. The smallest absolute Gasteiger partial charge is 0.304 e. The summed E-state index contributed by atoms with van der Waals surface area (Å²) >= 11 is 6.12. The van der Waals surface area contributed by atoms with Gasteiger partial charge in [0, 0.05) is 18.3 Å². The highest BCUT2D eigenvalue weighted by Gasteiger charge is 2.18. The molecule has 6 heteroatoms. The molecule has 2 rings (SSSR count). The maximum Gasteiger partial charge on any atom is 0.304 e. The van der Waals surface area contributed by atoms with Gasteiger partial charge in [0.05, 0.1) is 18.3 Å². The molecule has 16 heavy (non-hydrogen) atoms. The van der Waals surface area contributed by atoms with Gasteiger partial charge < -0.3 is 5.11 Å². The van der Waals surface area contributed by atoms with E-state index in [0.29, 0.717) is 16.5 Å². The van der Waals surface area contributed by atoms with Crippen LogP contribution in [0.1, 0.15) is 25.0 Å². The van der Waals surface area contributed by atoms with Crippen LogP contribution < -0.4 is 0 Å². The van der Waals surface area contributed by atoms with Crippen LogP contribution in [-0.2, 0) is 4.79 Å². The topological polar surface area (TPSA) is 67.5 Å². The van der Waals surface area contributed by atoms with Crippen molar-refractivity contribution in [2.45, 2.75) is 19.3 Å². The average Bonchev–Trinajstić information content (AvgIpc) is 2.56. The van der Waals surface area contributed by atoms with Crippen LogP contribution in [0.2, 0.25) is 5.15 Å². The molecule has 2 aromatic rings. The Kier molecular flexibility index (Phi) is 2.78. The third-order valence-electron chi connectivity index (χ3n) is 2.34. The third kappa shape index (κ3) is 1.86. The van der Waals surface area contributed by atoms with E-state index < -0.39 is 5.97 Å². The summed E-state index contributed by atoms with van der Waals surface area (Å²) in [5, 5.41) is 9.17. The normalized spacial score (nSPS) is 12.9. The molecule has 0 saturated carbocycles. The molecule has 1 N–H and O–H groups in total. The molecule has 2 aromatic heterocycles. The summed E-state index contributed by atoms with van der Waals surface area (Å²) in [5.74, 6) is -1.08. The number of carbonyl (C=O) groups is 1. The maximum absolute atomic E-state index is 10.6. The van der Waals surface area contributed by atoms with Gasteiger partial charge in [0.25, 0.3) is 0 Å². The van der Waals surface area contributed by atoms with E-state index in [2.05, 4.69) is 9.97 Å². The zero-order chi connectivity index (χ0) is 11.7. The van der Waals surface area contributed by atoms with E-state index in [0.717, 1.165) is 0 Å².